The Morgan fingerprint density at radius 1 is 1.40 bits per heavy atom. The molecule has 0 spiro atoms. The lowest BCUT2D eigenvalue weighted by molar-refractivity contribution is -0.128. The van der Waals surface area contributed by atoms with Gasteiger partial charge in [-0.15, -0.1) is 5.10 Å². The molecule has 134 valence electrons. The molecule has 1 saturated heterocycles. The molecule has 1 aromatic carbocycles. The molecule has 25 heavy (non-hydrogen) atoms. The summed E-state index contributed by atoms with van der Waals surface area (Å²) in [6, 6.07) is 5.55. The Hall–Kier alpha value is -1.41. The van der Waals surface area contributed by atoms with E-state index in [1.165, 1.54) is 0 Å². The zero-order valence-electron chi connectivity index (χ0n) is 13.7. The number of carbonyl (C=O) groups excluding carboxylic acids is 1. The minimum absolute atomic E-state index is 0.128. The van der Waals surface area contributed by atoms with Crippen LogP contribution in [0.3, 0.4) is 0 Å². The molecule has 1 aliphatic rings. The molecule has 0 bridgehead atoms. The largest absolute Gasteiger partial charge is 0.412 e. The van der Waals surface area contributed by atoms with Crippen LogP contribution in [0.2, 0.25) is 10.0 Å². The molecule has 1 aromatic heterocycles. The van der Waals surface area contributed by atoms with E-state index in [2.05, 4.69) is 5.10 Å². The molecule has 0 radical (unpaired) electrons. The minimum atomic E-state index is 0.128. The molecular formula is C16H18Cl2N4O2S. The van der Waals surface area contributed by atoms with Gasteiger partial charge in [0.2, 0.25) is 11.8 Å². The third kappa shape index (κ3) is 4.41. The van der Waals surface area contributed by atoms with E-state index in [1.54, 1.807) is 15.6 Å². The second kappa shape index (κ2) is 7.86. The second-order valence-corrected chi connectivity index (χ2v) is 7.18. The lowest BCUT2D eigenvalue weighted by Gasteiger charge is -2.17. The summed E-state index contributed by atoms with van der Waals surface area (Å²) in [4.78, 5) is 15.7. The molecule has 0 N–H and O–H groups in total. The summed E-state index contributed by atoms with van der Waals surface area (Å²) in [5.41, 5.74) is 0.926. The molecule has 0 aliphatic carbocycles. The Labute approximate surface area is 160 Å². The number of halogens is 2. The number of hydrogen-bond acceptors (Lipinski definition) is 5. The van der Waals surface area contributed by atoms with Crippen molar-refractivity contribution in [3.63, 3.8) is 0 Å². The van der Waals surface area contributed by atoms with Crippen LogP contribution in [0.15, 0.2) is 22.6 Å². The van der Waals surface area contributed by atoms with Gasteiger partial charge in [-0.05, 0) is 37.3 Å². The summed E-state index contributed by atoms with van der Waals surface area (Å²) in [5, 5.41) is 5.46. The van der Waals surface area contributed by atoms with Crippen LogP contribution < -0.4 is 0 Å². The summed E-state index contributed by atoms with van der Waals surface area (Å²) >= 11 is 17.5. The molecule has 1 amide bonds. The maximum absolute atomic E-state index is 11.7. The number of aromatic nitrogens is 2. The van der Waals surface area contributed by atoms with Crippen molar-refractivity contribution in [3.8, 4) is 0 Å². The average Bonchev–Trinajstić information content (AvgIpc) is 3.11. The number of rotatable bonds is 6. The van der Waals surface area contributed by atoms with Gasteiger partial charge in [0.05, 0.1) is 23.3 Å². The van der Waals surface area contributed by atoms with Crippen LogP contribution in [0.1, 0.15) is 24.3 Å². The van der Waals surface area contributed by atoms with Gasteiger partial charge in [0.25, 0.3) is 4.84 Å². The number of hydrogen-bond donors (Lipinski definition) is 0. The molecule has 2 aromatic rings. The fourth-order valence-corrected chi connectivity index (χ4v) is 3.35. The van der Waals surface area contributed by atoms with Crippen LogP contribution in [-0.4, -0.2) is 39.1 Å². The minimum Gasteiger partial charge on any atom is -0.412 e. The summed E-state index contributed by atoms with van der Waals surface area (Å²) in [6.07, 6.45) is 1.47. The fourth-order valence-electron chi connectivity index (χ4n) is 2.78. The number of benzene rings is 1. The smallest absolute Gasteiger partial charge is 0.288 e. The standard InChI is InChI=1S/C16H18Cl2N4O2S/c1-20(8-11-4-2-5-12(17)15(11)18)10-22-16(25)24-13(19-22)9-21-7-3-6-14(21)23/h2,4-5H,3,6-10H2,1H3. The van der Waals surface area contributed by atoms with Crippen molar-refractivity contribution in [2.75, 3.05) is 13.6 Å². The highest BCUT2D eigenvalue weighted by atomic mass is 35.5. The van der Waals surface area contributed by atoms with E-state index in [-0.39, 0.29) is 10.7 Å². The second-order valence-electron chi connectivity index (χ2n) is 6.05. The maximum Gasteiger partial charge on any atom is 0.288 e. The lowest BCUT2D eigenvalue weighted by Crippen LogP contribution is -2.25. The SMILES string of the molecule is CN(Cc1cccc(Cl)c1Cl)Cn1nc(CN2CCCC2=O)oc1=S. The van der Waals surface area contributed by atoms with Gasteiger partial charge in [0.15, 0.2) is 0 Å². The fraction of sp³-hybridized carbons (Fsp3) is 0.438. The number of amides is 1. The van der Waals surface area contributed by atoms with Gasteiger partial charge in [0.1, 0.15) is 0 Å². The molecule has 0 unspecified atom stereocenters. The van der Waals surface area contributed by atoms with Crippen LogP contribution >= 0.6 is 35.4 Å². The molecule has 9 heteroatoms. The van der Waals surface area contributed by atoms with Gasteiger partial charge in [0, 0.05) is 19.5 Å². The maximum atomic E-state index is 11.7. The highest BCUT2D eigenvalue weighted by Crippen LogP contribution is 2.26. The third-order valence-electron chi connectivity index (χ3n) is 3.99. The molecule has 3 rings (SSSR count). The van der Waals surface area contributed by atoms with E-state index in [0.717, 1.165) is 18.5 Å². The number of likely N-dealkylation sites (tertiary alicyclic amines) is 1. The van der Waals surface area contributed by atoms with E-state index in [9.17, 15) is 4.79 Å². The van der Waals surface area contributed by atoms with Crippen molar-refractivity contribution < 1.29 is 9.21 Å². The highest BCUT2D eigenvalue weighted by molar-refractivity contribution is 7.71. The van der Waals surface area contributed by atoms with Crippen LogP contribution in [0.4, 0.5) is 0 Å². The van der Waals surface area contributed by atoms with Crippen molar-refractivity contribution in [1.82, 2.24) is 19.6 Å². The Morgan fingerprint density at radius 2 is 2.20 bits per heavy atom. The first-order valence-electron chi connectivity index (χ1n) is 7.90. The van der Waals surface area contributed by atoms with Crippen LogP contribution in [0.25, 0.3) is 0 Å². The Bertz CT molecular complexity index is 836. The van der Waals surface area contributed by atoms with Crippen LogP contribution in [0, 0.1) is 4.84 Å². The first-order valence-corrected chi connectivity index (χ1v) is 9.06. The predicted octanol–water partition coefficient (Wildman–Crippen LogP) is 3.72. The van der Waals surface area contributed by atoms with E-state index in [1.807, 2.05) is 24.1 Å². The molecular weight excluding hydrogens is 383 g/mol. The number of nitrogens with zero attached hydrogens (tertiary/aromatic N) is 4. The van der Waals surface area contributed by atoms with E-state index >= 15 is 0 Å². The highest BCUT2D eigenvalue weighted by Gasteiger charge is 2.22. The summed E-state index contributed by atoms with van der Waals surface area (Å²) in [5.74, 6) is 0.581. The van der Waals surface area contributed by atoms with Crippen molar-refractivity contribution in [2.24, 2.45) is 0 Å². The van der Waals surface area contributed by atoms with Gasteiger partial charge in [-0.1, -0.05) is 35.3 Å². The average molecular weight is 401 g/mol. The van der Waals surface area contributed by atoms with E-state index < -0.39 is 0 Å². The van der Waals surface area contributed by atoms with Gasteiger partial charge in [-0.25, -0.2) is 4.68 Å². The molecule has 0 saturated carbocycles. The zero-order valence-corrected chi connectivity index (χ0v) is 16.1. The summed E-state index contributed by atoms with van der Waals surface area (Å²) in [6.45, 7) is 2.13. The first kappa shape index (κ1) is 18.4. The molecule has 2 heterocycles. The van der Waals surface area contributed by atoms with E-state index in [4.69, 9.17) is 39.8 Å². The Balaban J connectivity index is 1.65. The summed E-state index contributed by atoms with van der Waals surface area (Å²) in [7, 11) is 1.93. The first-order chi connectivity index (χ1) is 11.9. The van der Waals surface area contributed by atoms with Crippen molar-refractivity contribution >= 4 is 41.3 Å². The zero-order chi connectivity index (χ0) is 18.0. The predicted molar refractivity (Wildman–Crippen MR) is 97.9 cm³/mol. The summed E-state index contributed by atoms with van der Waals surface area (Å²) < 4.78 is 7.12. The van der Waals surface area contributed by atoms with Crippen molar-refractivity contribution in [3.05, 3.63) is 44.5 Å². The van der Waals surface area contributed by atoms with Crippen molar-refractivity contribution in [1.29, 1.82) is 0 Å². The lowest BCUT2D eigenvalue weighted by atomic mass is 10.2. The van der Waals surface area contributed by atoms with Crippen LogP contribution in [-0.2, 0) is 24.6 Å². The van der Waals surface area contributed by atoms with Crippen molar-refractivity contribution in [2.45, 2.75) is 32.6 Å². The van der Waals surface area contributed by atoms with E-state index in [0.29, 0.717) is 42.1 Å². The molecule has 1 aliphatic heterocycles. The third-order valence-corrected chi connectivity index (χ3v) is 5.14. The Kier molecular flexibility index (Phi) is 5.78. The van der Waals surface area contributed by atoms with Gasteiger partial charge in [-0.2, -0.15) is 0 Å². The van der Waals surface area contributed by atoms with Gasteiger partial charge in [-0.3, -0.25) is 9.69 Å². The number of carbonyl (C=O) groups is 1. The molecule has 0 atom stereocenters. The monoisotopic (exact) mass is 400 g/mol. The molecule has 6 nitrogen and oxygen atoms in total. The molecule has 1 fully saturated rings. The quantitative estimate of drug-likeness (QED) is 0.691. The van der Waals surface area contributed by atoms with Gasteiger partial charge >= 0.3 is 0 Å². The Morgan fingerprint density at radius 3 is 2.92 bits per heavy atom. The normalized spacial score (nSPS) is 14.7. The topological polar surface area (TPSA) is 54.5 Å². The van der Waals surface area contributed by atoms with Crippen LogP contribution in [0.5, 0.6) is 0 Å². The van der Waals surface area contributed by atoms with Gasteiger partial charge < -0.3 is 9.32 Å².